The summed E-state index contributed by atoms with van der Waals surface area (Å²) in [6.07, 6.45) is 0. The summed E-state index contributed by atoms with van der Waals surface area (Å²) in [6, 6.07) is 13.6. The molecular weight excluding hydrogens is 332 g/mol. The Hall–Kier alpha value is -2.66. The second kappa shape index (κ2) is 7.49. The molecule has 2 aromatic carbocycles. The number of aromatic nitrogens is 1. The SMILES string of the molecule is Cc1csc(-c2ccc(OCC(=O)Nc3c(C)cccc3C)cc2)n1. The lowest BCUT2D eigenvalue weighted by Crippen LogP contribution is -2.21. The lowest BCUT2D eigenvalue weighted by molar-refractivity contribution is -0.118. The Labute approximate surface area is 151 Å². The van der Waals surface area contributed by atoms with E-state index in [1.165, 1.54) is 0 Å². The van der Waals surface area contributed by atoms with Crippen LogP contribution < -0.4 is 10.1 Å². The Morgan fingerprint density at radius 2 is 1.76 bits per heavy atom. The van der Waals surface area contributed by atoms with Crippen molar-refractivity contribution in [1.82, 2.24) is 4.98 Å². The van der Waals surface area contributed by atoms with Crippen LogP contribution in [0.2, 0.25) is 0 Å². The van der Waals surface area contributed by atoms with E-state index in [4.69, 9.17) is 4.74 Å². The maximum atomic E-state index is 12.1. The van der Waals surface area contributed by atoms with Crippen molar-refractivity contribution >= 4 is 22.9 Å². The highest BCUT2D eigenvalue weighted by atomic mass is 32.1. The maximum absolute atomic E-state index is 12.1. The van der Waals surface area contributed by atoms with E-state index in [1.807, 2.05) is 68.6 Å². The van der Waals surface area contributed by atoms with Crippen molar-refractivity contribution in [1.29, 1.82) is 0 Å². The van der Waals surface area contributed by atoms with Gasteiger partial charge in [0, 0.05) is 22.3 Å². The summed E-state index contributed by atoms with van der Waals surface area (Å²) in [4.78, 5) is 16.6. The number of ether oxygens (including phenoxy) is 1. The molecule has 0 atom stereocenters. The summed E-state index contributed by atoms with van der Waals surface area (Å²) in [7, 11) is 0. The van der Waals surface area contributed by atoms with Crippen LogP contribution >= 0.6 is 11.3 Å². The molecule has 4 nitrogen and oxygen atoms in total. The van der Waals surface area contributed by atoms with Crippen LogP contribution in [0.5, 0.6) is 5.75 Å². The summed E-state index contributed by atoms with van der Waals surface area (Å²) in [5, 5.41) is 5.93. The van der Waals surface area contributed by atoms with Gasteiger partial charge in [0.05, 0.1) is 0 Å². The Kier molecular flexibility index (Phi) is 5.14. The zero-order chi connectivity index (χ0) is 17.8. The fraction of sp³-hybridized carbons (Fsp3) is 0.200. The molecule has 0 saturated carbocycles. The largest absolute Gasteiger partial charge is 0.484 e. The molecule has 25 heavy (non-hydrogen) atoms. The molecule has 3 aromatic rings. The number of nitrogens with one attached hydrogen (secondary N) is 1. The molecule has 1 aromatic heterocycles. The van der Waals surface area contributed by atoms with Gasteiger partial charge in [0.1, 0.15) is 10.8 Å². The quantitative estimate of drug-likeness (QED) is 0.721. The van der Waals surface area contributed by atoms with E-state index in [9.17, 15) is 4.79 Å². The molecule has 3 rings (SSSR count). The highest BCUT2D eigenvalue weighted by Gasteiger charge is 2.08. The van der Waals surface area contributed by atoms with Crippen LogP contribution in [-0.2, 0) is 4.79 Å². The Morgan fingerprint density at radius 1 is 1.08 bits per heavy atom. The van der Waals surface area contributed by atoms with Crippen molar-refractivity contribution in [3.8, 4) is 16.3 Å². The van der Waals surface area contributed by atoms with E-state index in [2.05, 4.69) is 10.3 Å². The van der Waals surface area contributed by atoms with Gasteiger partial charge in [-0.25, -0.2) is 4.98 Å². The Balaban J connectivity index is 1.59. The van der Waals surface area contributed by atoms with Gasteiger partial charge >= 0.3 is 0 Å². The number of aryl methyl sites for hydroxylation is 3. The second-order valence-corrected chi connectivity index (χ2v) is 6.78. The number of thiazole rings is 1. The van der Waals surface area contributed by atoms with Crippen molar-refractivity contribution < 1.29 is 9.53 Å². The first kappa shape index (κ1) is 17.2. The molecule has 0 unspecified atom stereocenters. The summed E-state index contributed by atoms with van der Waals surface area (Å²) in [5.41, 5.74) is 4.99. The monoisotopic (exact) mass is 352 g/mol. The zero-order valence-electron chi connectivity index (χ0n) is 14.5. The maximum Gasteiger partial charge on any atom is 0.262 e. The minimum Gasteiger partial charge on any atom is -0.484 e. The lowest BCUT2D eigenvalue weighted by Gasteiger charge is -2.12. The van der Waals surface area contributed by atoms with E-state index < -0.39 is 0 Å². The van der Waals surface area contributed by atoms with E-state index in [-0.39, 0.29) is 12.5 Å². The number of nitrogens with zero attached hydrogens (tertiary/aromatic N) is 1. The van der Waals surface area contributed by atoms with Crippen LogP contribution in [0.4, 0.5) is 5.69 Å². The molecule has 0 saturated heterocycles. The molecular formula is C20H20N2O2S. The molecule has 0 radical (unpaired) electrons. The van der Waals surface area contributed by atoms with Crippen LogP contribution in [0.15, 0.2) is 47.8 Å². The average Bonchev–Trinajstić information content (AvgIpc) is 3.03. The van der Waals surface area contributed by atoms with Gasteiger partial charge < -0.3 is 10.1 Å². The fourth-order valence-electron chi connectivity index (χ4n) is 2.52. The van der Waals surface area contributed by atoms with Crippen LogP contribution in [0.25, 0.3) is 10.6 Å². The van der Waals surface area contributed by atoms with Crippen molar-refractivity contribution in [3.05, 3.63) is 64.7 Å². The zero-order valence-corrected chi connectivity index (χ0v) is 15.3. The number of rotatable bonds is 5. The van der Waals surface area contributed by atoms with E-state index in [0.717, 1.165) is 33.1 Å². The predicted octanol–water partition coefficient (Wildman–Crippen LogP) is 4.75. The smallest absolute Gasteiger partial charge is 0.262 e. The molecule has 1 N–H and O–H groups in total. The summed E-state index contributed by atoms with van der Waals surface area (Å²) in [6.45, 7) is 5.90. The third-order valence-electron chi connectivity index (χ3n) is 3.84. The molecule has 128 valence electrons. The highest BCUT2D eigenvalue weighted by Crippen LogP contribution is 2.25. The number of carbonyl (C=O) groups is 1. The van der Waals surface area contributed by atoms with Gasteiger partial charge in [-0.15, -0.1) is 11.3 Å². The van der Waals surface area contributed by atoms with Crippen molar-refractivity contribution in [2.24, 2.45) is 0 Å². The van der Waals surface area contributed by atoms with Gasteiger partial charge in [0.2, 0.25) is 0 Å². The van der Waals surface area contributed by atoms with E-state index >= 15 is 0 Å². The average molecular weight is 352 g/mol. The third-order valence-corrected chi connectivity index (χ3v) is 4.84. The fourth-order valence-corrected chi connectivity index (χ4v) is 3.32. The predicted molar refractivity (Wildman–Crippen MR) is 102 cm³/mol. The highest BCUT2D eigenvalue weighted by molar-refractivity contribution is 7.13. The molecule has 0 aliphatic carbocycles. The van der Waals surface area contributed by atoms with Gasteiger partial charge in [0.25, 0.3) is 5.91 Å². The number of carbonyl (C=O) groups excluding carboxylic acids is 1. The van der Waals surface area contributed by atoms with E-state index in [1.54, 1.807) is 11.3 Å². The van der Waals surface area contributed by atoms with Gasteiger partial charge in [-0.1, -0.05) is 18.2 Å². The standard InChI is InChI=1S/C20H20N2O2S/c1-13-5-4-6-14(2)19(13)22-18(23)11-24-17-9-7-16(8-10-17)20-21-15(3)12-25-20/h4-10,12H,11H2,1-3H3,(H,22,23). The van der Waals surface area contributed by atoms with Gasteiger partial charge in [-0.3, -0.25) is 4.79 Å². The van der Waals surface area contributed by atoms with Gasteiger partial charge in [0.15, 0.2) is 6.61 Å². The van der Waals surface area contributed by atoms with Crippen LogP contribution in [0.1, 0.15) is 16.8 Å². The molecule has 5 heteroatoms. The number of amides is 1. The minimum atomic E-state index is -0.169. The van der Waals surface area contributed by atoms with E-state index in [0.29, 0.717) is 5.75 Å². The Bertz CT molecular complexity index is 865. The summed E-state index contributed by atoms with van der Waals surface area (Å²) < 4.78 is 5.59. The van der Waals surface area contributed by atoms with Gasteiger partial charge in [-0.05, 0) is 56.2 Å². The van der Waals surface area contributed by atoms with Crippen LogP contribution in [-0.4, -0.2) is 17.5 Å². The molecule has 0 bridgehead atoms. The number of benzene rings is 2. The first-order valence-corrected chi connectivity index (χ1v) is 8.92. The second-order valence-electron chi connectivity index (χ2n) is 5.92. The van der Waals surface area contributed by atoms with Crippen molar-refractivity contribution in [3.63, 3.8) is 0 Å². The Morgan fingerprint density at radius 3 is 2.36 bits per heavy atom. The van der Waals surface area contributed by atoms with Crippen molar-refractivity contribution in [2.45, 2.75) is 20.8 Å². The lowest BCUT2D eigenvalue weighted by atomic mass is 10.1. The van der Waals surface area contributed by atoms with Crippen molar-refractivity contribution in [2.75, 3.05) is 11.9 Å². The molecule has 0 fully saturated rings. The molecule has 1 amide bonds. The molecule has 0 aliphatic rings. The number of hydrogen-bond acceptors (Lipinski definition) is 4. The molecule has 0 spiro atoms. The normalized spacial score (nSPS) is 10.5. The van der Waals surface area contributed by atoms with Gasteiger partial charge in [-0.2, -0.15) is 0 Å². The third kappa shape index (κ3) is 4.25. The number of anilines is 1. The topological polar surface area (TPSA) is 51.2 Å². The molecule has 1 heterocycles. The first-order valence-electron chi connectivity index (χ1n) is 8.04. The minimum absolute atomic E-state index is 0.0243. The van der Waals surface area contributed by atoms with Crippen LogP contribution in [0, 0.1) is 20.8 Å². The molecule has 0 aliphatic heterocycles. The number of hydrogen-bond donors (Lipinski definition) is 1. The number of para-hydroxylation sites is 1. The first-order chi connectivity index (χ1) is 12.0. The van der Waals surface area contributed by atoms with Crippen LogP contribution in [0.3, 0.4) is 0 Å². The summed E-state index contributed by atoms with van der Waals surface area (Å²) >= 11 is 1.61. The summed E-state index contributed by atoms with van der Waals surface area (Å²) in [5.74, 6) is 0.491.